The average molecular weight is 383 g/mol. The summed E-state index contributed by atoms with van der Waals surface area (Å²) in [5.41, 5.74) is 0. The molecular weight excluding hydrogens is 360 g/mol. The third kappa shape index (κ3) is 4.81. The van der Waals surface area contributed by atoms with Gasteiger partial charge >= 0.3 is 106 Å². The zero-order valence-corrected chi connectivity index (χ0v) is 15.8. The summed E-state index contributed by atoms with van der Waals surface area (Å²) in [5.74, 6) is 0. The van der Waals surface area contributed by atoms with Crippen LogP contribution in [0, 0.1) is 0 Å². The van der Waals surface area contributed by atoms with Gasteiger partial charge in [0.25, 0.3) is 0 Å². The normalized spacial score (nSPS) is 10.6. The van der Waals surface area contributed by atoms with Crippen molar-refractivity contribution in [2.24, 2.45) is 0 Å². The van der Waals surface area contributed by atoms with E-state index in [2.05, 4.69) is 53.0 Å². The van der Waals surface area contributed by atoms with E-state index in [1.54, 1.807) is 0 Å². The summed E-state index contributed by atoms with van der Waals surface area (Å²) in [5, 5.41) is 0.798. The van der Waals surface area contributed by atoms with Gasteiger partial charge in [-0.05, 0) is 0 Å². The van der Waals surface area contributed by atoms with Crippen LogP contribution in [0.25, 0.3) is 0 Å². The first-order valence-corrected chi connectivity index (χ1v) is 15.6. The fraction of sp³-hybridized carbons (Fsp3) is 0.312. The molecule has 1 aromatic carbocycles. The van der Waals surface area contributed by atoms with Crippen molar-refractivity contribution in [1.82, 2.24) is 4.98 Å². The molecule has 0 bridgehead atoms. The van der Waals surface area contributed by atoms with Crippen LogP contribution >= 0.6 is 11.6 Å². The molecule has 0 atom stereocenters. The summed E-state index contributed by atoms with van der Waals surface area (Å²) >= 11 is 3.47. The second-order valence-electron chi connectivity index (χ2n) is 5.05. The van der Waals surface area contributed by atoms with Gasteiger partial charge in [0.15, 0.2) is 0 Å². The first-order chi connectivity index (χ1) is 9.02. The number of hydrogen-bond donors (Lipinski definition) is 0. The van der Waals surface area contributed by atoms with Crippen molar-refractivity contribution in [2.75, 3.05) is 0 Å². The molecule has 0 N–H and O–H groups in total. The van der Waals surface area contributed by atoms with Crippen LogP contribution in [0.4, 0.5) is 0 Å². The summed E-state index contributed by atoms with van der Waals surface area (Å²) in [4.78, 5) is 9.26. The van der Waals surface area contributed by atoms with Crippen LogP contribution in [-0.4, -0.2) is 23.4 Å². The van der Waals surface area contributed by atoms with Gasteiger partial charge < -0.3 is 0 Å². The number of benzene rings is 1. The molecule has 1 aromatic heterocycles. The van der Waals surface area contributed by atoms with E-state index in [0.717, 1.165) is 5.02 Å². The molecular formula is C16H22ClNSn. The Kier molecular flexibility index (Phi) is 6.87. The van der Waals surface area contributed by atoms with Crippen LogP contribution in [0.1, 0.15) is 20.3 Å². The first-order valence-electron chi connectivity index (χ1n) is 6.70. The molecule has 0 aliphatic heterocycles. The van der Waals surface area contributed by atoms with E-state index < -0.39 is 18.4 Å². The Morgan fingerprint density at radius 3 is 2.05 bits per heavy atom. The second-order valence-corrected chi connectivity index (χ2v) is 17.9. The maximum absolute atomic E-state index is 5.92. The van der Waals surface area contributed by atoms with Crippen LogP contribution in [0.15, 0.2) is 48.7 Å². The molecule has 0 unspecified atom stereocenters. The molecule has 0 radical (unpaired) electrons. The Hall–Kier alpha value is -0.541. The van der Waals surface area contributed by atoms with E-state index in [-0.39, 0.29) is 0 Å². The van der Waals surface area contributed by atoms with E-state index in [9.17, 15) is 0 Å². The predicted octanol–water partition coefficient (Wildman–Crippen LogP) is 3.97. The van der Waals surface area contributed by atoms with Crippen molar-refractivity contribution < 1.29 is 0 Å². The molecule has 3 heteroatoms. The number of pyridine rings is 1. The van der Waals surface area contributed by atoms with Gasteiger partial charge in [0.2, 0.25) is 0 Å². The number of rotatable bonds is 2. The summed E-state index contributed by atoms with van der Waals surface area (Å²) in [6, 6.07) is 14.4. The van der Waals surface area contributed by atoms with Crippen LogP contribution in [0.2, 0.25) is 14.9 Å². The first kappa shape index (κ1) is 16.5. The maximum atomic E-state index is 5.92. The van der Waals surface area contributed by atoms with Crippen molar-refractivity contribution in [2.45, 2.75) is 30.1 Å². The molecule has 0 amide bonds. The number of halogens is 1. The molecule has 0 saturated carbocycles. The van der Waals surface area contributed by atoms with Crippen LogP contribution in [-0.2, 0) is 0 Å². The van der Waals surface area contributed by atoms with Crippen LogP contribution in [0.5, 0.6) is 0 Å². The molecule has 0 aliphatic rings. The quantitative estimate of drug-likeness (QED) is 0.716. The van der Waals surface area contributed by atoms with Crippen molar-refractivity contribution >= 4 is 37.3 Å². The van der Waals surface area contributed by atoms with Gasteiger partial charge in [0.05, 0.1) is 0 Å². The Morgan fingerprint density at radius 2 is 1.58 bits per heavy atom. The monoisotopic (exact) mass is 383 g/mol. The van der Waals surface area contributed by atoms with Crippen molar-refractivity contribution in [3.8, 4) is 0 Å². The summed E-state index contributed by atoms with van der Waals surface area (Å²) in [6.07, 6.45) is 3.13. The molecule has 0 fully saturated rings. The van der Waals surface area contributed by atoms with E-state index >= 15 is 0 Å². The molecule has 1 heterocycles. The summed E-state index contributed by atoms with van der Waals surface area (Å²) in [7, 11) is 0. The predicted molar refractivity (Wildman–Crippen MR) is 88.4 cm³/mol. The Balaban J connectivity index is 0.000000550. The molecule has 102 valence electrons. The SMILES string of the molecule is CCC.[CH3][Sn]([CH3])([c]1ccc(Cl)cc1)[c]1ccccn1. The van der Waals surface area contributed by atoms with Crippen molar-refractivity contribution in [1.29, 1.82) is 0 Å². The van der Waals surface area contributed by atoms with E-state index in [4.69, 9.17) is 11.6 Å². The minimum absolute atomic E-state index is 0.798. The third-order valence-electron chi connectivity index (χ3n) is 2.87. The van der Waals surface area contributed by atoms with Gasteiger partial charge in [0, 0.05) is 0 Å². The number of aromatic nitrogens is 1. The second kappa shape index (κ2) is 7.91. The molecule has 2 rings (SSSR count). The van der Waals surface area contributed by atoms with Crippen molar-refractivity contribution in [3.63, 3.8) is 0 Å². The molecule has 0 aliphatic carbocycles. The van der Waals surface area contributed by atoms with Gasteiger partial charge in [-0.25, -0.2) is 0 Å². The van der Waals surface area contributed by atoms with Crippen LogP contribution in [0.3, 0.4) is 0 Å². The standard InChI is InChI=1S/C6H4Cl.C5H4N.C3H8.2CH3.Sn/c7-6-4-2-1-3-5-6;1-2-4-6-5-3-1;1-3-2;;;/h2-5H;1-4H;3H2,1-2H3;2*1H3;. The van der Waals surface area contributed by atoms with Gasteiger partial charge in [-0.2, -0.15) is 0 Å². The van der Waals surface area contributed by atoms with Gasteiger partial charge in [-0.3, -0.25) is 0 Å². The zero-order chi connectivity index (χ0) is 14.3. The third-order valence-corrected chi connectivity index (χ3v) is 12.7. The van der Waals surface area contributed by atoms with Gasteiger partial charge in [-0.15, -0.1) is 0 Å². The topological polar surface area (TPSA) is 12.9 Å². The van der Waals surface area contributed by atoms with E-state index in [1.165, 1.54) is 13.7 Å². The van der Waals surface area contributed by atoms with Gasteiger partial charge in [-0.1, -0.05) is 20.3 Å². The summed E-state index contributed by atoms with van der Waals surface area (Å²) in [6.45, 7) is 4.25. The average Bonchev–Trinajstić information content (AvgIpc) is 2.41. The Labute approximate surface area is 125 Å². The van der Waals surface area contributed by atoms with Crippen molar-refractivity contribution in [3.05, 3.63) is 53.7 Å². The molecule has 0 spiro atoms. The van der Waals surface area contributed by atoms with Gasteiger partial charge in [0.1, 0.15) is 0 Å². The number of hydrogen-bond acceptors (Lipinski definition) is 1. The van der Waals surface area contributed by atoms with Crippen LogP contribution < -0.4 is 7.29 Å². The van der Waals surface area contributed by atoms with E-state index in [0.29, 0.717) is 0 Å². The minimum atomic E-state index is -2.45. The fourth-order valence-electron chi connectivity index (χ4n) is 1.75. The fourth-order valence-corrected chi connectivity index (χ4v) is 8.17. The Morgan fingerprint density at radius 1 is 1.00 bits per heavy atom. The Bertz CT molecular complexity index is 480. The molecule has 0 saturated heterocycles. The zero-order valence-electron chi connectivity index (χ0n) is 12.2. The number of nitrogens with zero attached hydrogens (tertiary/aromatic N) is 1. The summed E-state index contributed by atoms with van der Waals surface area (Å²) < 4.78 is 2.71. The molecule has 1 nitrogen and oxygen atoms in total. The molecule has 19 heavy (non-hydrogen) atoms. The van der Waals surface area contributed by atoms with E-state index in [1.807, 2.05) is 24.4 Å². The molecule has 2 aromatic rings.